The van der Waals surface area contributed by atoms with Gasteiger partial charge in [-0.2, -0.15) is 5.26 Å². The van der Waals surface area contributed by atoms with Gasteiger partial charge in [-0.15, -0.1) is 22.7 Å². The van der Waals surface area contributed by atoms with Crippen LogP contribution in [0.2, 0.25) is 0 Å². The average molecular weight is 975 g/mol. The van der Waals surface area contributed by atoms with Crippen molar-refractivity contribution in [2.24, 2.45) is 0 Å². The van der Waals surface area contributed by atoms with E-state index >= 15 is 0 Å². The van der Waals surface area contributed by atoms with Crippen LogP contribution in [0.4, 0.5) is 5.69 Å². The minimum absolute atomic E-state index is 0.412. The van der Waals surface area contributed by atoms with Crippen molar-refractivity contribution in [1.82, 2.24) is 9.13 Å². The number of benzene rings is 11. The molecule has 0 unspecified atom stereocenters. The molecule has 0 bridgehead atoms. The second-order valence-corrected chi connectivity index (χ2v) is 20.9. The van der Waals surface area contributed by atoms with Gasteiger partial charge in [0.15, 0.2) is 0 Å². The molecular weight excluding hydrogens is 937 g/mol. The van der Waals surface area contributed by atoms with E-state index in [1.807, 2.05) is 53.8 Å². The zero-order valence-corrected chi connectivity index (χ0v) is 41.2. The third-order valence-electron chi connectivity index (χ3n) is 15.0. The summed E-state index contributed by atoms with van der Waals surface area (Å²) in [6, 6.07) is 84.4. The van der Waals surface area contributed by atoms with E-state index < -0.39 is 0 Å². The number of hydrogen-bond acceptors (Lipinski definition) is 3. The Kier molecular flexibility index (Phi) is 9.40. The third kappa shape index (κ3) is 6.05. The number of nitrogens with zero attached hydrogens (tertiary/aromatic N) is 4. The molecule has 0 N–H and O–H groups in total. The first kappa shape index (κ1) is 42.2. The fourth-order valence-electron chi connectivity index (χ4n) is 11.8. The van der Waals surface area contributed by atoms with Gasteiger partial charge in [-0.1, -0.05) is 212 Å². The van der Waals surface area contributed by atoms with E-state index in [4.69, 9.17) is 0 Å². The lowest BCUT2D eigenvalue weighted by Gasteiger charge is -2.26. The summed E-state index contributed by atoms with van der Waals surface area (Å²) < 4.78 is 9.47. The van der Waals surface area contributed by atoms with Crippen LogP contribution in [-0.4, -0.2) is 9.13 Å². The second-order valence-electron chi connectivity index (χ2n) is 18.8. The molecule has 15 aromatic rings. The van der Waals surface area contributed by atoms with Crippen molar-refractivity contribution in [2.45, 2.75) is 0 Å². The zero-order chi connectivity index (χ0) is 49.0. The summed E-state index contributed by atoms with van der Waals surface area (Å²) in [7, 11) is 0. The van der Waals surface area contributed by atoms with Crippen molar-refractivity contribution < 1.29 is 0 Å². The van der Waals surface area contributed by atoms with Gasteiger partial charge in [0.2, 0.25) is 5.69 Å². The van der Waals surface area contributed by atoms with Crippen LogP contribution in [-0.2, 0) is 0 Å². The molecule has 0 aliphatic rings. The number of hydrogen-bond donors (Lipinski definition) is 0. The molecule has 6 heteroatoms. The number of fused-ring (bicyclic) bond motifs is 14. The molecule has 4 aromatic heterocycles. The van der Waals surface area contributed by atoms with Crippen molar-refractivity contribution in [3.8, 4) is 62.0 Å². The summed E-state index contributed by atoms with van der Waals surface area (Å²) >= 11 is 3.62. The first-order chi connectivity index (χ1) is 36.7. The lowest BCUT2D eigenvalue weighted by Crippen LogP contribution is -2.09. The minimum Gasteiger partial charge on any atom is -0.318 e. The van der Waals surface area contributed by atoms with Crippen LogP contribution in [0.5, 0.6) is 0 Å². The summed E-state index contributed by atoms with van der Waals surface area (Å²) in [5.41, 5.74) is 14.0. The van der Waals surface area contributed by atoms with Gasteiger partial charge >= 0.3 is 0 Å². The van der Waals surface area contributed by atoms with Crippen molar-refractivity contribution in [3.63, 3.8) is 0 Å². The van der Waals surface area contributed by atoms with Gasteiger partial charge in [0, 0.05) is 63.6 Å². The quantitative estimate of drug-likeness (QED) is 0.153. The third-order valence-corrected chi connectivity index (χ3v) is 17.4. The second kappa shape index (κ2) is 16.5. The average Bonchev–Trinajstić information content (AvgIpc) is 4.31. The van der Waals surface area contributed by atoms with Gasteiger partial charge in [-0.05, 0) is 51.6 Å². The van der Waals surface area contributed by atoms with Gasteiger partial charge in [0.05, 0.1) is 55.0 Å². The Labute approximate surface area is 433 Å². The van der Waals surface area contributed by atoms with Gasteiger partial charge < -0.3 is 9.13 Å². The Balaban J connectivity index is 1.23. The first-order valence-electron chi connectivity index (χ1n) is 24.7. The molecule has 4 nitrogen and oxygen atoms in total. The summed E-state index contributed by atoms with van der Waals surface area (Å²) in [5, 5.41) is 21.3. The maximum absolute atomic E-state index is 12.3. The Morgan fingerprint density at radius 2 is 0.892 bits per heavy atom. The fraction of sp³-hybridized carbons (Fsp3) is 0. The molecule has 342 valence electrons. The molecule has 0 radical (unpaired) electrons. The zero-order valence-electron chi connectivity index (χ0n) is 39.5. The summed E-state index contributed by atoms with van der Waals surface area (Å²) in [6.45, 7) is 9.44. The van der Waals surface area contributed by atoms with E-state index in [1.54, 1.807) is 11.3 Å². The van der Waals surface area contributed by atoms with E-state index in [9.17, 15) is 11.8 Å². The molecule has 4 heterocycles. The molecule has 0 fully saturated rings. The molecule has 11 aromatic carbocycles. The van der Waals surface area contributed by atoms with Crippen LogP contribution in [0.25, 0.3) is 145 Å². The normalized spacial score (nSPS) is 11.8. The number of rotatable bonds is 6. The standard InChI is InChI=1S/C68H38N4S2/c1-70-61-59(43-23-10-4-11-24-43)55(40-69)62(60(44-25-12-5-13-26-44)65(61)71-56-31-16-14-27-47(56)48-34-33-45(39-57(48)71)41-19-6-2-7-20-41)72-63-50(35-37-53-49-28-15-17-32-58(49)73-67(53)63)51-36-38-54-52-30-18-29-46(42-21-8-3-9-22-42)66(52)74-68(54)64(51)72/h2-39H. The molecule has 0 atom stereocenters. The molecule has 15 rings (SSSR count). The summed E-state index contributed by atoms with van der Waals surface area (Å²) in [6.07, 6.45) is 0. The van der Waals surface area contributed by atoms with Crippen molar-refractivity contribution in [3.05, 3.63) is 248 Å². The predicted octanol–water partition coefficient (Wildman–Crippen LogP) is 19.7. The van der Waals surface area contributed by atoms with E-state index in [0.29, 0.717) is 16.8 Å². The minimum atomic E-state index is 0.412. The Morgan fingerprint density at radius 3 is 1.57 bits per heavy atom. The number of para-hydroxylation sites is 1. The first-order valence-corrected chi connectivity index (χ1v) is 26.3. The van der Waals surface area contributed by atoms with Crippen LogP contribution in [0.1, 0.15) is 5.56 Å². The van der Waals surface area contributed by atoms with E-state index in [2.05, 4.69) is 208 Å². The van der Waals surface area contributed by atoms with Gasteiger partial charge in [0.25, 0.3) is 0 Å². The maximum Gasteiger partial charge on any atom is 0.220 e. The molecule has 74 heavy (non-hydrogen) atoms. The highest BCUT2D eigenvalue weighted by atomic mass is 32.1. The highest BCUT2D eigenvalue weighted by molar-refractivity contribution is 7.27. The van der Waals surface area contributed by atoms with Crippen LogP contribution in [0, 0.1) is 17.9 Å². The number of nitriles is 1. The Hall–Kier alpha value is -9.56. The smallest absolute Gasteiger partial charge is 0.220 e. The van der Waals surface area contributed by atoms with E-state index in [0.717, 1.165) is 103 Å². The predicted molar refractivity (Wildman–Crippen MR) is 314 cm³/mol. The van der Waals surface area contributed by atoms with Crippen molar-refractivity contribution >= 4 is 112 Å². The van der Waals surface area contributed by atoms with Crippen LogP contribution in [0.3, 0.4) is 0 Å². The molecule has 0 saturated carbocycles. The van der Waals surface area contributed by atoms with E-state index in [-0.39, 0.29) is 0 Å². The van der Waals surface area contributed by atoms with Gasteiger partial charge in [0.1, 0.15) is 6.07 Å². The highest BCUT2D eigenvalue weighted by Crippen LogP contribution is 2.55. The summed E-state index contributed by atoms with van der Waals surface area (Å²) in [5.74, 6) is 0. The molecule has 0 amide bonds. The van der Waals surface area contributed by atoms with Crippen molar-refractivity contribution in [2.75, 3.05) is 0 Å². The molecule has 0 saturated heterocycles. The molecular formula is C68H38N4S2. The van der Waals surface area contributed by atoms with Gasteiger partial charge in [-0.3, -0.25) is 0 Å². The Bertz CT molecular complexity index is 4890. The van der Waals surface area contributed by atoms with Crippen LogP contribution >= 0.6 is 22.7 Å². The maximum atomic E-state index is 12.3. The summed E-state index contributed by atoms with van der Waals surface area (Å²) in [4.78, 5) is 4.61. The van der Waals surface area contributed by atoms with Crippen LogP contribution in [0.15, 0.2) is 231 Å². The lowest BCUT2D eigenvalue weighted by molar-refractivity contribution is 1.14. The number of thiophene rings is 2. The van der Waals surface area contributed by atoms with Crippen molar-refractivity contribution in [1.29, 1.82) is 5.26 Å². The van der Waals surface area contributed by atoms with Gasteiger partial charge in [-0.25, -0.2) is 4.85 Å². The molecule has 0 spiro atoms. The van der Waals surface area contributed by atoms with Crippen LogP contribution < -0.4 is 0 Å². The SMILES string of the molecule is [C-]#[N+]c1c(-c2ccccc2)c(C#N)c(-n2c3c(ccc4c5ccccc5sc43)c3ccc4c5cccc(-c6ccccc6)c5sc4c32)c(-c2ccccc2)c1-n1c2ccccc2c2ccc(-c3ccccc3)cc21. The largest absolute Gasteiger partial charge is 0.318 e. The Morgan fingerprint density at radius 1 is 0.378 bits per heavy atom. The fourth-order valence-corrected chi connectivity index (χ4v) is 14.5. The molecule has 0 aliphatic heterocycles. The van der Waals surface area contributed by atoms with E-state index in [1.165, 1.54) is 31.3 Å². The molecule has 0 aliphatic carbocycles. The number of aromatic nitrogens is 2. The lowest BCUT2D eigenvalue weighted by atomic mass is 9.88. The highest BCUT2D eigenvalue weighted by Gasteiger charge is 2.33. The monoisotopic (exact) mass is 974 g/mol. The topological polar surface area (TPSA) is 38.0 Å².